The molecular formula is C17H31N3O2. The van der Waals surface area contributed by atoms with E-state index in [-0.39, 0.29) is 6.09 Å². The fourth-order valence-corrected chi connectivity index (χ4v) is 4.24. The van der Waals surface area contributed by atoms with E-state index < -0.39 is 5.60 Å². The molecule has 5 nitrogen and oxygen atoms in total. The summed E-state index contributed by atoms with van der Waals surface area (Å²) in [6.45, 7) is 13.0. The fraction of sp³-hybridized carbons (Fsp3) is 0.941. The molecule has 3 fully saturated rings. The monoisotopic (exact) mass is 309 g/mol. The molecule has 1 aliphatic carbocycles. The van der Waals surface area contributed by atoms with Gasteiger partial charge in [0.1, 0.15) is 5.60 Å². The first kappa shape index (κ1) is 16.1. The Morgan fingerprint density at radius 1 is 1.09 bits per heavy atom. The molecule has 126 valence electrons. The minimum atomic E-state index is -0.400. The second-order valence-corrected chi connectivity index (χ2v) is 8.19. The van der Waals surface area contributed by atoms with E-state index in [1.54, 1.807) is 0 Å². The second kappa shape index (κ2) is 6.36. The van der Waals surface area contributed by atoms with Crippen LogP contribution in [0.3, 0.4) is 0 Å². The Hall–Kier alpha value is -0.810. The van der Waals surface area contributed by atoms with Gasteiger partial charge in [0.15, 0.2) is 0 Å². The van der Waals surface area contributed by atoms with E-state index in [9.17, 15) is 4.79 Å². The Morgan fingerprint density at radius 3 is 2.23 bits per heavy atom. The SMILES string of the molecule is CC(C)(C)OC(=O)N1CCN(CC2C3CCC2CNC3)CC1. The molecule has 2 heterocycles. The van der Waals surface area contributed by atoms with E-state index >= 15 is 0 Å². The Labute approximate surface area is 134 Å². The van der Waals surface area contributed by atoms with E-state index in [2.05, 4.69) is 10.2 Å². The highest BCUT2D eigenvalue weighted by Gasteiger charge is 2.40. The Bertz CT molecular complexity index is 383. The van der Waals surface area contributed by atoms with Crippen LogP contribution in [0.2, 0.25) is 0 Å². The van der Waals surface area contributed by atoms with Crippen LogP contribution in [0.4, 0.5) is 4.79 Å². The van der Waals surface area contributed by atoms with Crippen LogP contribution in [-0.4, -0.2) is 67.3 Å². The van der Waals surface area contributed by atoms with Crippen LogP contribution in [0.5, 0.6) is 0 Å². The van der Waals surface area contributed by atoms with Crippen molar-refractivity contribution in [1.82, 2.24) is 15.1 Å². The number of piperazine rings is 1. The van der Waals surface area contributed by atoms with Gasteiger partial charge in [-0.05, 0) is 64.5 Å². The molecule has 0 aromatic carbocycles. The second-order valence-electron chi connectivity index (χ2n) is 8.19. The van der Waals surface area contributed by atoms with Gasteiger partial charge >= 0.3 is 6.09 Å². The summed E-state index contributed by atoms with van der Waals surface area (Å²) in [7, 11) is 0. The minimum absolute atomic E-state index is 0.158. The number of nitrogens with zero attached hydrogens (tertiary/aromatic N) is 2. The van der Waals surface area contributed by atoms with Crippen LogP contribution in [0.15, 0.2) is 0 Å². The molecule has 22 heavy (non-hydrogen) atoms. The van der Waals surface area contributed by atoms with Gasteiger partial charge in [0.25, 0.3) is 0 Å². The van der Waals surface area contributed by atoms with Crippen LogP contribution in [0.25, 0.3) is 0 Å². The van der Waals surface area contributed by atoms with Crippen LogP contribution < -0.4 is 5.32 Å². The van der Waals surface area contributed by atoms with E-state index in [1.165, 1.54) is 32.5 Å². The minimum Gasteiger partial charge on any atom is -0.444 e. The molecule has 2 unspecified atom stereocenters. The van der Waals surface area contributed by atoms with Crippen molar-refractivity contribution in [1.29, 1.82) is 0 Å². The largest absolute Gasteiger partial charge is 0.444 e. The fourth-order valence-electron chi connectivity index (χ4n) is 4.24. The highest BCUT2D eigenvalue weighted by molar-refractivity contribution is 5.68. The zero-order valence-electron chi connectivity index (χ0n) is 14.3. The normalized spacial score (nSPS) is 33.0. The standard InChI is InChI=1S/C17H31N3O2/c1-17(2,3)22-16(21)20-8-6-19(7-9-20)12-15-13-4-5-14(15)11-18-10-13/h13-15,18H,4-12H2,1-3H3. The number of amides is 1. The van der Waals surface area contributed by atoms with Gasteiger partial charge in [0.05, 0.1) is 0 Å². The molecule has 2 bridgehead atoms. The number of rotatable bonds is 2. The molecule has 1 amide bonds. The van der Waals surface area contributed by atoms with Crippen molar-refractivity contribution in [2.75, 3.05) is 45.8 Å². The zero-order chi connectivity index (χ0) is 15.7. The van der Waals surface area contributed by atoms with Crippen molar-refractivity contribution >= 4 is 6.09 Å². The Kier molecular flexibility index (Phi) is 4.64. The van der Waals surface area contributed by atoms with Crippen molar-refractivity contribution in [2.45, 2.75) is 39.2 Å². The third kappa shape index (κ3) is 3.74. The summed E-state index contributed by atoms with van der Waals surface area (Å²) < 4.78 is 5.47. The van der Waals surface area contributed by atoms with Crippen molar-refractivity contribution in [3.05, 3.63) is 0 Å². The molecule has 0 spiro atoms. The highest BCUT2D eigenvalue weighted by Crippen LogP contribution is 2.39. The molecule has 1 saturated carbocycles. The van der Waals surface area contributed by atoms with E-state index in [0.29, 0.717) is 0 Å². The smallest absolute Gasteiger partial charge is 0.410 e. The Balaban J connectivity index is 1.45. The molecule has 0 radical (unpaired) electrons. The summed E-state index contributed by atoms with van der Waals surface area (Å²) in [5.41, 5.74) is -0.400. The lowest BCUT2D eigenvalue weighted by Gasteiger charge is -2.39. The van der Waals surface area contributed by atoms with Gasteiger partial charge < -0.3 is 15.0 Å². The maximum absolute atomic E-state index is 12.1. The predicted molar refractivity (Wildman–Crippen MR) is 86.8 cm³/mol. The Morgan fingerprint density at radius 2 is 1.68 bits per heavy atom. The topological polar surface area (TPSA) is 44.8 Å². The number of carbonyl (C=O) groups excluding carboxylic acids is 1. The van der Waals surface area contributed by atoms with Crippen LogP contribution in [-0.2, 0) is 4.74 Å². The lowest BCUT2D eigenvalue weighted by molar-refractivity contribution is 0.0115. The molecule has 3 rings (SSSR count). The molecule has 2 atom stereocenters. The van der Waals surface area contributed by atoms with E-state index in [0.717, 1.165) is 43.9 Å². The van der Waals surface area contributed by atoms with E-state index in [1.807, 2.05) is 25.7 Å². The van der Waals surface area contributed by atoms with Crippen molar-refractivity contribution in [3.63, 3.8) is 0 Å². The average Bonchev–Trinajstić information content (AvgIpc) is 2.68. The molecule has 5 heteroatoms. The molecule has 2 saturated heterocycles. The van der Waals surface area contributed by atoms with E-state index in [4.69, 9.17) is 4.74 Å². The zero-order valence-corrected chi connectivity index (χ0v) is 14.3. The number of carbonyl (C=O) groups is 1. The summed E-state index contributed by atoms with van der Waals surface area (Å²) in [5, 5.41) is 3.57. The first-order valence-corrected chi connectivity index (χ1v) is 8.83. The quantitative estimate of drug-likeness (QED) is 0.844. The molecular weight excluding hydrogens is 278 g/mol. The molecule has 2 aliphatic heterocycles. The van der Waals surface area contributed by atoms with Gasteiger partial charge in [0, 0.05) is 32.7 Å². The van der Waals surface area contributed by atoms with Gasteiger partial charge in [-0.2, -0.15) is 0 Å². The summed E-state index contributed by atoms with van der Waals surface area (Å²) in [6, 6.07) is 0. The number of hydrogen-bond donors (Lipinski definition) is 1. The van der Waals surface area contributed by atoms with Gasteiger partial charge in [-0.25, -0.2) is 4.79 Å². The van der Waals surface area contributed by atoms with Crippen molar-refractivity contribution < 1.29 is 9.53 Å². The lowest BCUT2D eigenvalue weighted by Crippen LogP contribution is -2.52. The molecule has 3 aliphatic rings. The first-order valence-electron chi connectivity index (χ1n) is 8.83. The summed E-state index contributed by atoms with van der Waals surface area (Å²) >= 11 is 0. The average molecular weight is 309 g/mol. The maximum atomic E-state index is 12.1. The van der Waals surface area contributed by atoms with Gasteiger partial charge in [-0.15, -0.1) is 0 Å². The predicted octanol–water partition coefficient (Wildman–Crippen LogP) is 1.78. The third-order valence-electron chi connectivity index (χ3n) is 5.43. The number of fused-ring (bicyclic) bond motifs is 2. The van der Waals surface area contributed by atoms with Gasteiger partial charge in [-0.3, -0.25) is 4.90 Å². The number of nitrogens with one attached hydrogen (secondary N) is 1. The van der Waals surface area contributed by atoms with Crippen LogP contribution >= 0.6 is 0 Å². The third-order valence-corrected chi connectivity index (χ3v) is 5.43. The lowest BCUT2D eigenvalue weighted by atomic mass is 9.85. The highest BCUT2D eigenvalue weighted by atomic mass is 16.6. The van der Waals surface area contributed by atoms with Gasteiger partial charge in [-0.1, -0.05) is 0 Å². The van der Waals surface area contributed by atoms with Gasteiger partial charge in [0.2, 0.25) is 0 Å². The molecule has 0 aromatic rings. The maximum Gasteiger partial charge on any atom is 0.410 e. The summed E-state index contributed by atoms with van der Waals surface area (Å²) in [5.74, 6) is 2.62. The van der Waals surface area contributed by atoms with Crippen LogP contribution in [0, 0.1) is 17.8 Å². The van der Waals surface area contributed by atoms with Crippen molar-refractivity contribution in [2.24, 2.45) is 17.8 Å². The summed E-state index contributed by atoms with van der Waals surface area (Å²) in [4.78, 5) is 16.5. The van der Waals surface area contributed by atoms with Crippen molar-refractivity contribution in [3.8, 4) is 0 Å². The number of ether oxygens (including phenoxy) is 1. The first-order chi connectivity index (χ1) is 10.4. The number of piperidine rings is 1. The number of hydrogen-bond acceptors (Lipinski definition) is 4. The molecule has 1 N–H and O–H groups in total. The van der Waals surface area contributed by atoms with Crippen LogP contribution in [0.1, 0.15) is 33.6 Å². The summed E-state index contributed by atoms with van der Waals surface area (Å²) in [6.07, 6.45) is 2.65. The molecule has 0 aromatic heterocycles.